The zero-order chi connectivity index (χ0) is 12.5. The number of aromatic amines is 1. The Kier molecular flexibility index (Phi) is 2.87. The Bertz CT molecular complexity index is 544. The van der Waals surface area contributed by atoms with Crippen molar-refractivity contribution < 1.29 is 4.79 Å². The molecule has 0 radical (unpaired) electrons. The van der Waals surface area contributed by atoms with Gasteiger partial charge in [-0.1, -0.05) is 6.07 Å². The number of aromatic nitrogens is 3. The van der Waals surface area contributed by atoms with Crippen LogP contribution in [-0.4, -0.2) is 32.0 Å². The van der Waals surface area contributed by atoms with E-state index in [9.17, 15) is 4.79 Å². The second-order valence-corrected chi connectivity index (χ2v) is 5.52. The summed E-state index contributed by atoms with van der Waals surface area (Å²) in [4.78, 5) is 19.5. The van der Waals surface area contributed by atoms with Gasteiger partial charge in [0.1, 0.15) is 5.82 Å². The third-order valence-corrected chi connectivity index (χ3v) is 3.80. The van der Waals surface area contributed by atoms with E-state index in [2.05, 4.69) is 21.2 Å². The third kappa shape index (κ3) is 2.28. The minimum absolute atomic E-state index is 0.0738. The van der Waals surface area contributed by atoms with E-state index in [-0.39, 0.29) is 11.7 Å². The monoisotopic (exact) mass is 262 g/mol. The van der Waals surface area contributed by atoms with E-state index in [1.807, 2.05) is 16.3 Å². The average molecular weight is 262 g/mol. The van der Waals surface area contributed by atoms with Gasteiger partial charge in [-0.2, -0.15) is 0 Å². The van der Waals surface area contributed by atoms with Crippen molar-refractivity contribution in [3.8, 4) is 0 Å². The second kappa shape index (κ2) is 4.53. The molecule has 18 heavy (non-hydrogen) atoms. The summed E-state index contributed by atoms with van der Waals surface area (Å²) in [6.07, 6.45) is 2.17. The molecule has 2 aromatic heterocycles. The molecule has 0 bridgehead atoms. The maximum absolute atomic E-state index is 12.4. The molecule has 0 saturated heterocycles. The van der Waals surface area contributed by atoms with Crippen LogP contribution in [0.3, 0.4) is 0 Å². The van der Waals surface area contributed by atoms with Crippen LogP contribution in [0.2, 0.25) is 0 Å². The molecule has 1 fully saturated rings. The molecule has 3 rings (SSSR count). The zero-order valence-electron chi connectivity index (χ0n) is 10.1. The van der Waals surface area contributed by atoms with Gasteiger partial charge in [0, 0.05) is 10.9 Å². The Hall–Kier alpha value is -1.69. The van der Waals surface area contributed by atoms with Crippen LogP contribution in [0.15, 0.2) is 17.5 Å². The third-order valence-electron chi connectivity index (χ3n) is 2.94. The van der Waals surface area contributed by atoms with Crippen molar-refractivity contribution >= 4 is 17.2 Å². The van der Waals surface area contributed by atoms with Gasteiger partial charge in [0.2, 0.25) is 5.82 Å². The van der Waals surface area contributed by atoms with E-state index in [0.29, 0.717) is 18.4 Å². The average Bonchev–Trinajstić information content (AvgIpc) is 2.88. The molecule has 0 unspecified atom stereocenters. The summed E-state index contributed by atoms with van der Waals surface area (Å²) in [5.74, 6) is 0.872. The van der Waals surface area contributed by atoms with Crippen molar-refractivity contribution in [2.75, 3.05) is 0 Å². The summed E-state index contributed by atoms with van der Waals surface area (Å²) in [6, 6.07) is 4.42. The summed E-state index contributed by atoms with van der Waals surface area (Å²) in [7, 11) is 0. The number of nitrogens with zero attached hydrogens (tertiary/aromatic N) is 3. The van der Waals surface area contributed by atoms with E-state index in [4.69, 9.17) is 0 Å². The molecular weight excluding hydrogens is 248 g/mol. The van der Waals surface area contributed by atoms with Crippen molar-refractivity contribution in [1.82, 2.24) is 20.1 Å². The quantitative estimate of drug-likeness (QED) is 0.916. The largest absolute Gasteiger partial charge is 0.328 e. The Morgan fingerprint density at radius 3 is 3.00 bits per heavy atom. The first-order chi connectivity index (χ1) is 8.74. The van der Waals surface area contributed by atoms with Gasteiger partial charge >= 0.3 is 0 Å². The normalized spacial score (nSPS) is 14.7. The minimum atomic E-state index is -0.0738. The van der Waals surface area contributed by atoms with E-state index < -0.39 is 0 Å². The molecule has 2 aromatic rings. The SMILES string of the molecule is Cc1nc(C(=O)N(Cc2cccs2)C2CC2)n[nH]1. The summed E-state index contributed by atoms with van der Waals surface area (Å²) in [5, 5.41) is 8.70. The predicted octanol–water partition coefficient (Wildman–Crippen LogP) is 1.98. The van der Waals surface area contributed by atoms with Gasteiger partial charge in [0.25, 0.3) is 5.91 Å². The lowest BCUT2D eigenvalue weighted by atomic mass is 10.3. The molecule has 0 atom stereocenters. The number of H-pyrrole nitrogens is 1. The van der Waals surface area contributed by atoms with E-state index in [1.54, 1.807) is 18.3 Å². The number of rotatable bonds is 4. The standard InChI is InChI=1S/C12H14N4OS/c1-8-13-11(15-14-8)12(17)16(9-4-5-9)7-10-3-2-6-18-10/h2-3,6,9H,4-5,7H2,1H3,(H,13,14,15). The van der Waals surface area contributed by atoms with Crippen molar-refractivity contribution in [2.24, 2.45) is 0 Å². The molecule has 2 heterocycles. The first-order valence-electron chi connectivity index (χ1n) is 5.96. The molecular formula is C12H14N4OS. The number of thiophene rings is 1. The Labute approximate surface area is 109 Å². The molecule has 1 saturated carbocycles. The predicted molar refractivity (Wildman–Crippen MR) is 68.3 cm³/mol. The fourth-order valence-electron chi connectivity index (χ4n) is 1.89. The van der Waals surface area contributed by atoms with Crippen LogP contribution in [-0.2, 0) is 6.54 Å². The molecule has 5 nitrogen and oxygen atoms in total. The smallest absolute Gasteiger partial charge is 0.294 e. The maximum Gasteiger partial charge on any atom is 0.294 e. The lowest BCUT2D eigenvalue weighted by molar-refractivity contribution is 0.0719. The van der Waals surface area contributed by atoms with Crippen molar-refractivity contribution in [3.63, 3.8) is 0 Å². The van der Waals surface area contributed by atoms with Crippen LogP contribution in [0.1, 0.15) is 34.2 Å². The summed E-state index contributed by atoms with van der Waals surface area (Å²) in [6.45, 7) is 2.46. The molecule has 94 valence electrons. The van der Waals surface area contributed by atoms with Gasteiger partial charge in [-0.05, 0) is 31.2 Å². The van der Waals surface area contributed by atoms with E-state index in [1.165, 1.54) is 4.88 Å². The first kappa shape index (κ1) is 11.4. The molecule has 0 aromatic carbocycles. The molecule has 0 spiro atoms. The Morgan fingerprint density at radius 2 is 2.44 bits per heavy atom. The number of amides is 1. The van der Waals surface area contributed by atoms with Crippen molar-refractivity contribution in [1.29, 1.82) is 0 Å². The van der Waals surface area contributed by atoms with Gasteiger partial charge in [-0.15, -0.1) is 16.4 Å². The van der Waals surface area contributed by atoms with Gasteiger partial charge in [0.15, 0.2) is 0 Å². The highest BCUT2D eigenvalue weighted by atomic mass is 32.1. The Morgan fingerprint density at radius 1 is 1.61 bits per heavy atom. The number of nitrogens with one attached hydrogen (secondary N) is 1. The number of aryl methyl sites for hydroxylation is 1. The van der Waals surface area contributed by atoms with E-state index >= 15 is 0 Å². The van der Waals surface area contributed by atoms with Crippen LogP contribution < -0.4 is 0 Å². The van der Waals surface area contributed by atoms with Gasteiger partial charge in [-0.25, -0.2) is 4.98 Å². The Balaban J connectivity index is 1.79. The van der Waals surface area contributed by atoms with Crippen molar-refractivity contribution in [2.45, 2.75) is 32.4 Å². The molecule has 1 N–H and O–H groups in total. The van der Waals surface area contributed by atoms with Crippen LogP contribution in [0, 0.1) is 6.92 Å². The number of carbonyl (C=O) groups excluding carboxylic acids is 1. The highest BCUT2D eigenvalue weighted by molar-refractivity contribution is 7.09. The maximum atomic E-state index is 12.4. The highest BCUT2D eigenvalue weighted by Gasteiger charge is 2.34. The van der Waals surface area contributed by atoms with Gasteiger partial charge < -0.3 is 4.90 Å². The highest BCUT2D eigenvalue weighted by Crippen LogP contribution is 2.30. The second-order valence-electron chi connectivity index (χ2n) is 4.49. The first-order valence-corrected chi connectivity index (χ1v) is 6.84. The molecule has 1 aliphatic carbocycles. The molecule has 1 aliphatic rings. The number of hydrogen-bond donors (Lipinski definition) is 1. The summed E-state index contributed by atoms with van der Waals surface area (Å²) >= 11 is 1.67. The lowest BCUT2D eigenvalue weighted by Gasteiger charge is -2.19. The van der Waals surface area contributed by atoms with E-state index in [0.717, 1.165) is 12.8 Å². The van der Waals surface area contributed by atoms with Crippen LogP contribution in [0.5, 0.6) is 0 Å². The fourth-order valence-corrected chi connectivity index (χ4v) is 2.59. The summed E-state index contributed by atoms with van der Waals surface area (Å²) in [5.41, 5.74) is 0. The van der Waals surface area contributed by atoms with Crippen LogP contribution >= 0.6 is 11.3 Å². The molecule has 0 aliphatic heterocycles. The van der Waals surface area contributed by atoms with Crippen LogP contribution in [0.4, 0.5) is 0 Å². The number of hydrogen-bond acceptors (Lipinski definition) is 4. The molecule has 1 amide bonds. The number of carbonyl (C=O) groups is 1. The lowest BCUT2D eigenvalue weighted by Crippen LogP contribution is -2.33. The van der Waals surface area contributed by atoms with Gasteiger partial charge in [-0.3, -0.25) is 9.89 Å². The fraction of sp³-hybridized carbons (Fsp3) is 0.417. The minimum Gasteiger partial charge on any atom is -0.328 e. The van der Waals surface area contributed by atoms with Crippen LogP contribution in [0.25, 0.3) is 0 Å². The summed E-state index contributed by atoms with van der Waals surface area (Å²) < 4.78 is 0. The molecule has 6 heteroatoms. The van der Waals surface area contributed by atoms with Gasteiger partial charge in [0.05, 0.1) is 6.54 Å². The topological polar surface area (TPSA) is 61.9 Å². The van der Waals surface area contributed by atoms with Crippen molar-refractivity contribution in [3.05, 3.63) is 34.0 Å². The zero-order valence-corrected chi connectivity index (χ0v) is 10.9.